The van der Waals surface area contributed by atoms with E-state index in [1.54, 1.807) is 0 Å². The minimum atomic E-state index is -0.921. The van der Waals surface area contributed by atoms with E-state index in [0.717, 1.165) is 6.42 Å². The van der Waals surface area contributed by atoms with Gasteiger partial charge in [-0.1, -0.05) is 19.8 Å². The highest BCUT2D eigenvalue weighted by Crippen LogP contribution is 2.10. The highest BCUT2D eigenvalue weighted by Gasteiger charge is 2.20. The molecule has 0 aliphatic rings. The fourth-order valence-electron chi connectivity index (χ4n) is 0.929. The molecule has 0 spiro atoms. The molecule has 0 rings (SSSR count). The van der Waals surface area contributed by atoms with Crippen LogP contribution in [0.5, 0.6) is 0 Å². The lowest BCUT2D eigenvalue weighted by Crippen LogP contribution is -2.38. The molecule has 0 aliphatic heterocycles. The molecule has 2 atom stereocenters. The first kappa shape index (κ1) is 13.1. The zero-order valence-electron chi connectivity index (χ0n) is 9.52. The largest absolute Gasteiger partial charge is 0.242 e. The number of hydrogen-bond acceptors (Lipinski definition) is 1. The van der Waals surface area contributed by atoms with Crippen molar-refractivity contribution in [2.24, 2.45) is 0 Å². The molecule has 0 aromatic heterocycles. The zero-order chi connectivity index (χ0) is 10.5. The molecule has 0 heterocycles. The standard InChI is InChI=1S/C10H23NOS/c1-6-7-8-9(2)11-13(12)10(3,4)5/h9,11H,6-8H2,1-5H3/t9-,13?/m1/s1. The van der Waals surface area contributed by atoms with Gasteiger partial charge in [0.1, 0.15) is 0 Å². The summed E-state index contributed by atoms with van der Waals surface area (Å²) in [7, 11) is -0.921. The lowest BCUT2D eigenvalue weighted by Gasteiger charge is -2.21. The topological polar surface area (TPSA) is 29.1 Å². The Kier molecular flexibility index (Phi) is 5.81. The molecule has 0 saturated carbocycles. The van der Waals surface area contributed by atoms with Crippen LogP contribution in [-0.2, 0) is 11.0 Å². The molecule has 0 bridgehead atoms. The molecule has 1 unspecified atom stereocenters. The summed E-state index contributed by atoms with van der Waals surface area (Å²) in [5.41, 5.74) is 0. The summed E-state index contributed by atoms with van der Waals surface area (Å²) in [5.74, 6) is 0. The molecule has 0 aromatic rings. The molecular formula is C10H23NOS. The summed E-state index contributed by atoms with van der Waals surface area (Å²) < 4.78 is 14.6. The maximum absolute atomic E-state index is 11.6. The molecular weight excluding hydrogens is 182 g/mol. The van der Waals surface area contributed by atoms with Crippen molar-refractivity contribution in [3.8, 4) is 0 Å². The van der Waals surface area contributed by atoms with E-state index in [9.17, 15) is 4.21 Å². The number of hydrogen-bond donors (Lipinski definition) is 1. The van der Waals surface area contributed by atoms with Gasteiger partial charge < -0.3 is 0 Å². The van der Waals surface area contributed by atoms with Crippen molar-refractivity contribution < 1.29 is 4.21 Å². The molecule has 0 fully saturated rings. The van der Waals surface area contributed by atoms with Crippen LogP contribution in [0.1, 0.15) is 53.9 Å². The molecule has 0 aromatic carbocycles. The second kappa shape index (κ2) is 5.76. The second-order valence-electron chi connectivity index (χ2n) is 4.54. The first-order valence-corrected chi connectivity index (χ1v) is 6.21. The predicted octanol–water partition coefficient (Wildman–Crippen LogP) is 2.62. The van der Waals surface area contributed by atoms with Crippen LogP contribution in [0.3, 0.4) is 0 Å². The average molecular weight is 205 g/mol. The van der Waals surface area contributed by atoms with Crippen molar-refractivity contribution in [1.29, 1.82) is 0 Å². The van der Waals surface area contributed by atoms with Gasteiger partial charge in [0, 0.05) is 6.04 Å². The molecule has 1 N–H and O–H groups in total. The Balaban J connectivity index is 3.79. The van der Waals surface area contributed by atoms with Gasteiger partial charge in [0.15, 0.2) is 0 Å². The van der Waals surface area contributed by atoms with Crippen molar-refractivity contribution in [1.82, 2.24) is 4.72 Å². The van der Waals surface area contributed by atoms with Crippen LogP contribution in [0.25, 0.3) is 0 Å². The highest BCUT2D eigenvalue weighted by molar-refractivity contribution is 7.84. The minimum absolute atomic E-state index is 0.152. The molecule has 0 saturated heterocycles. The first-order chi connectivity index (χ1) is 5.88. The van der Waals surface area contributed by atoms with Gasteiger partial charge in [0.05, 0.1) is 15.7 Å². The summed E-state index contributed by atoms with van der Waals surface area (Å²) in [5, 5.41) is 0. The van der Waals surface area contributed by atoms with Crippen molar-refractivity contribution in [2.45, 2.75) is 64.7 Å². The van der Waals surface area contributed by atoms with Crippen molar-refractivity contribution in [2.75, 3.05) is 0 Å². The zero-order valence-corrected chi connectivity index (χ0v) is 10.3. The average Bonchev–Trinajstić information content (AvgIpc) is 1.99. The quantitative estimate of drug-likeness (QED) is 0.734. The third-order valence-electron chi connectivity index (χ3n) is 1.86. The van der Waals surface area contributed by atoms with Crippen LogP contribution in [-0.4, -0.2) is 15.0 Å². The van der Waals surface area contributed by atoms with Gasteiger partial charge in [0.2, 0.25) is 0 Å². The van der Waals surface area contributed by atoms with Gasteiger partial charge in [0.25, 0.3) is 0 Å². The van der Waals surface area contributed by atoms with Crippen molar-refractivity contribution >= 4 is 11.0 Å². The van der Waals surface area contributed by atoms with Crippen LogP contribution >= 0.6 is 0 Å². The Labute approximate surface area is 85.1 Å². The summed E-state index contributed by atoms with van der Waals surface area (Å²) in [6, 6.07) is 0.361. The first-order valence-electron chi connectivity index (χ1n) is 5.06. The Hall–Kier alpha value is 0.110. The third-order valence-corrected chi connectivity index (χ3v) is 3.58. The van der Waals surface area contributed by atoms with Gasteiger partial charge in [-0.25, -0.2) is 8.93 Å². The molecule has 80 valence electrons. The number of rotatable bonds is 5. The van der Waals surface area contributed by atoms with E-state index in [0.29, 0.717) is 6.04 Å². The Bertz CT molecular complexity index is 163. The van der Waals surface area contributed by atoms with Crippen molar-refractivity contribution in [3.05, 3.63) is 0 Å². The highest BCUT2D eigenvalue weighted by atomic mass is 32.2. The van der Waals surface area contributed by atoms with Gasteiger partial charge >= 0.3 is 0 Å². The fourth-order valence-corrected chi connectivity index (χ4v) is 1.77. The lowest BCUT2D eigenvalue weighted by atomic mass is 10.2. The summed E-state index contributed by atoms with van der Waals surface area (Å²) in [4.78, 5) is 0. The van der Waals surface area contributed by atoms with Gasteiger partial charge in [-0.2, -0.15) is 0 Å². The molecule has 0 amide bonds. The van der Waals surface area contributed by atoms with E-state index < -0.39 is 11.0 Å². The number of nitrogens with one attached hydrogen (secondary N) is 1. The Morgan fingerprint density at radius 2 is 1.92 bits per heavy atom. The van der Waals surface area contributed by atoms with Crippen LogP contribution in [0.15, 0.2) is 0 Å². The summed E-state index contributed by atoms with van der Waals surface area (Å²) in [6.45, 7) is 10.2. The van der Waals surface area contributed by atoms with E-state index in [1.807, 2.05) is 20.8 Å². The predicted molar refractivity (Wildman–Crippen MR) is 60.0 cm³/mol. The fraction of sp³-hybridized carbons (Fsp3) is 1.00. The molecule has 13 heavy (non-hydrogen) atoms. The lowest BCUT2D eigenvalue weighted by molar-refractivity contribution is 0.559. The van der Waals surface area contributed by atoms with E-state index >= 15 is 0 Å². The van der Waals surface area contributed by atoms with Gasteiger partial charge in [-0.3, -0.25) is 0 Å². The maximum atomic E-state index is 11.6. The normalized spacial score (nSPS) is 17.0. The number of unbranched alkanes of at least 4 members (excludes halogenated alkanes) is 1. The molecule has 0 radical (unpaired) electrons. The monoisotopic (exact) mass is 205 g/mol. The summed E-state index contributed by atoms with van der Waals surface area (Å²) >= 11 is 0. The van der Waals surface area contributed by atoms with E-state index in [1.165, 1.54) is 12.8 Å². The van der Waals surface area contributed by atoms with Crippen molar-refractivity contribution in [3.63, 3.8) is 0 Å². The second-order valence-corrected chi connectivity index (χ2v) is 6.54. The molecule has 3 heteroatoms. The Morgan fingerprint density at radius 1 is 1.38 bits per heavy atom. The van der Waals surface area contributed by atoms with Crippen LogP contribution in [0.2, 0.25) is 0 Å². The van der Waals surface area contributed by atoms with Gasteiger partial charge in [-0.05, 0) is 34.1 Å². The van der Waals surface area contributed by atoms with E-state index in [-0.39, 0.29) is 4.75 Å². The maximum Gasteiger partial charge on any atom is 0.0972 e. The molecule has 0 aliphatic carbocycles. The van der Waals surface area contributed by atoms with E-state index in [2.05, 4.69) is 18.6 Å². The van der Waals surface area contributed by atoms with Crippen LogP contribution in [0, 0.1) is 0 Å². The third kappa shape index (κ3) is 6.22. The minimum Gasteiger partial charge on any atom is -0.242 e. The summed E-state index contributed by atoms with van der Waals surface area (Å²) in [6.07, 6.45) is 3.52. The SMILES string of the molecule is CCCC[C@@H](C)NS(=O)C(C)(C)C. The smallest absolute Gasteiger partial charge is 0.0972 e. The van der Waals surface area contributed by atoms with E-state index in [4.69, 9.17) is 0 Å². The van der Waals surface area contributed by atoms with Crippen LogP contribution in [0.4, 0.5) is 0 Å². The Morgan fingerprint density at radius 3 is 2.31 bits per heavy atom. The van der Waals surface area contributed by atoms with Gasteiger partial charge in [-0.15, -0.1) is 0 Å². The molecule has 2 nitrogen and oxygen atoms in total. The van der Waals surface area contributed by atoms with Crippen LogP contribution < -0.4 is 4.72 Å².